The van der Waals surface area contributed by atoms with Crippen molar-refractivity contribution in [1.82, 2.24) is 0 Å². The summed E-state index contributed by atoms with van der Waals surface area (Å²) in [6.07, 6.45) is 75.7. The highest BCUT2D eigenvalue weighted by Gasteiger charge is 2.58. The smallest absolute Gasteiger partial charge is 0.0732 e. The average Bonchev–Trinajstić information content (AvgIpc) is 1.27. The summed E-state index contributed by atoms with van der Waals surface area (Å²) in [6, 6.07) is 0. The molecule has 6 atom stereocenters. The van der Waals surface area contributed by atoms with E-state index < -0.39 is 0 Å². The molecular formula is C105H198O11. The molecule has 19 fully saturated rings. The Hall–Kier alpha value is -0.440. The molecule has 19 rings (SSSR count). The fraction of sp³-hybridized carbons (Fsp3) is 1.00. The highest BCUT2D eigenvalue weighted by molar-refractivity contribution is 5.09. The first-order chi connectivity index (χ1) is 55.5. The zero-order valence-electron chi connectivity index (χ0n) is 81.7. The number of hydrogen-bond donors (Lipinski definition) is 0. The minimum atomic E-state index is 0.220. The topological polar surface area (TPSA) is 102 Å². The summed E-state index contributed by atoms with van der Waals surface area (Å²) in [5.41, 5.74) is 2.82. The molecule has 11 heteroatoms. The first-order valence-electron chi connectivity index (χ1n) is 50.6. The Balaban J connectivity index is 0.000000177. The molecule has 0 saturated heterocycles. The van der Waals surface area contributed by atoms with Crippen LogP contribution in [0.1, 0.15) is 450 Å². The molecule has 0 aromatic carbocycles. The molecule has 684 valence electrons. The highest BCUT2D eigenvalue weighted by Crippen LogP contribution is 2.62. The van der Waals surface area contributed by atoms with Crippen molar-refractivity contribution in [3.8, 4) is 0 Å². The van der Waals surface area contributed by atoms with Gasteiger partial charge in [-0.25, -0.2) is 0 Å². The van der Waals surface area contributed by atoms with E-state index in [0.717, 1.165) is 71.0 Å². The van der Waals surface area contributed by atoms with Gasteiger partial charge in [0.25, 0.3) is 0 Å². The number of methoxy groups -OCH3 is 11. The van der Waals surface area contributed by atoms with Crippen molar-refractivity contribution in [2.45, 2.75) is 511 Å². The maximum absolute atomic E-state index is 5.96. The summed E-state index contributed by atoms with van der Waals surface area (Å²) in [6.45, 7) is 29.4. The third kappa shape index (κ3) is 26.8. The van der Waals surface area contributed by atoms with Gasteiger partial charge in [0.1, 0.15) is 0 Å². The molecule has 6 unspecified atom stereocenters. The van der Waals surface area contributed by atoms with Gasteiger partial charge in [-0.2, -0.15) is 0 Å². The molecule has 116 heavy (non-hydrogen) atoms. The van der Waals surface area contributed by atoms with Gasteiger partial charge in [-0.15, -0.1) is 0 Å². The zero-order chi connectivity index (χ0) is 85.0. The van der Waals surface area contributed by atoms with Gasteiger partial charge in [0.05, 0.1) is 61.6 Å². The van der Waals surface area contributed by atoms with Crippen LogP contribution in [0.5, 0.6) is 0 Å². The quantitative estimate of drug-likeness (QED) is 0.116. The second kappa shape index (κ2) is 48.5. The van der Waals surface area contributed by atoms with E-state index >= 15 is 0 Å². The van der Waals surface area contributed by atoms with Crippen LogP contribution in [0.2, 0.25) is 0 Å². The Morgan fingerprint density at radius 3 is 0.810 bits per heavy atom. The summed E-state index contributed by atoms with van der Waals surface area (Å²) < 4.78 is 61.5. The molecule has 0 spiro atoms. The summed E-state index contributed by atoms with van der Waals surface area (Å²) in [5, 5.41) is 0. The molecule has 12 bridgehead atoms. The van der Waals surface area contributed by atoms with Crippen LogP contribution < -0.4 is 0 Å². The fourth-order valence-corrected chi connectivity index (χ4v) is 28.5. The third-order valence-electron chi connectivity index (χ3n) is 36.9. The van der Waals surface area contributed by atoms with E-state index in [-0.39, 0.29) is 56.0 Å². The van der Waals surface area contributed by atoms with Gasteiger partial charge in [-0.3, -0.25) is 0 Å². The summed E-state index contributed by atoms with van der Waals surface area (Å²) in [5.74, 6) is 12.9. The lowest BCUT2D eigenvalue weighted by atomic mass is 9.49. The molecule has 0 N–H and O–H groups in total. The zero-order valence-corrected chi connectivity index (χ0v) is 81.7. The lowest BCUT2D eigenvalue weighted by Gasteiger charge is -2.60. The van der Waals surface area contributed by atoms with Gasteiger partial charge in [-0.05, 0) is 348 Å². The van der Waals surface area contributed by atoms with Crippen LogP contribution in [0.25, 0.3) is 0 Å². The molecule has 19 aliphatic rings. The largest absolute Gasteiger partial charge is 0.379 e. The van der Waals surface area contributed by atoms with Crippen molar-refractivity contribution in [2.24, 2.45) is 82.9 Å². The molecule has 11 nitrogen and oxygen atoms in total. The minimum absolute atomic E-state index is 0.220. The monoisotopic (exact) mass is 1640 g/mol. The number of hydrogen-bond acceptors (Lipinski definition) is 11. The van der Waals surface area contributed by atoms with Gasteiger partial charge in [0.15, 0.2) is 0 Å². The lowest BCUT2D eigenvalue weighted by molar-refractivity contribution is -0.191. The SMILES string of the molecule is CCC1(OC)C2CC3CC(C2)CC1C3.CCC1(OC)CC2CCC1C2.CCC1(OC)CCCC1.CCCC1(OC)CCCC1.CCCC1(OC)CCCCC1.COC1(C(C)C)CCCC1.COC1(C(C)C)CCCCC1.COC1(C)C2CC3CC(C2)CC1C3.COC1(C)CC2CCC1C2.COC1(C)CCCC1.COC1(C)CCCCC1. The van der Waals surface area contributed by atoms with E-state index in [4.69, 9.17) is 52.1 Å². The first kappa shape index (κ1) is 103. The van der Waals surface area contributed by atoms with Crippen molar-refractivity contribution in [3.05, 3.63) is 0 Å². The van der Waals surface area contributed by atoms with Crippen molar-refractivity contribution in [2.75, 3.05) is 78.2 Å². The van der Waals surface area contributed by atoms with Crippen LogP contribution in [0.4, 0.5) is 0 Å². The summed E-state index contributed by atoms with van der Waals surface area (Å²) in [7, 11) is 20.6. The molecule has 0 heterocycles. The highest BCUT2D eigenvalue weighted by atomic mass is 16.5. The Kier molecular flexibility index (Phi) is 42.9. The van der Waals surface area contributed by atoms with Crippen molar-refractivity contribution < 1.29 is 52.1 Å². The Morgan fingerprint density at radius 2 is 0.586 bits per heavy atom. The number of fused-ring (bicyclic) bond motifs is 4. The Labute approximate surface area is 720 Å². The maximum Gasteiger partial charge on any atom is 0.0732 e. The average molecular weight is 1640 g/mol. The van der Waals surface area contributed by atoms with Gasteiger partial charge in [0, 0.05) is 78.2 Å². The van der Waals surface area contributed by atoms with E-state index in [1.54, 1.807) is 0 Å². The molecule has 0 aromatic heterocycles. The lowest BCUT2D eigenvalue weighted by Crippen LogP contribution is -2.58. The van der Waals surface area contributed by atoms with Crippen molar-refractivity contribution >= 4 is 0 Å². The van der Waals surface area contributed by atoms with Crippen LogP contribution >= 0.6 is 0 Å². The molecule has 0 amide bonds. The second-order valence-corrected chi connectivity index (χ2v) is 43.5. The predicted molar refractivity (Wildman–Crippen MR) is 488 cm³/mol. The number of ether oxygens (including phenoxy) is 11. The minimum Gasteiger partial charge on any atom is -0.379 e. The summed E-state index contributed by atoms with van der Waals surface area (Å²) >= 11 is 0. The molecule has 0 aromatic rings. The third-order valence-corrected chi connectivity index (χ3v) is 36.9. The summed E-state index contributed by atoms with van der Waals surface area (Å²) in [4.78, 5) is 0. The van der Waals surface area contributed by atoms with Gasteiger partial charge >= 0.3 is 0 Å². The first-order valence-corrected chi connectivity index (χ1v) is 50.6. The number of rotatable bonds is 20. The van der Waals surface area contributed by atoms with Gasteiger partial charge in [0.2, 0.25) is 0 Å². The van der Waals surface area contributed by atoms with E-state index in [1.807, 2.05) is 78.2 Å². The van der Waals surface area contributed by atoms with E-state index in [9.17, 15) is 0 Å². The molecular weight excluding hydrogens is 1440 g/mol. The van der Waals surface area contributed by atoms with Crippen LogP contribution in [0.3, 0.4) is 0 Å². The van der Waals surface area contributed by atoms with E-state index in [1.165, 1.54) is 360 Å². The maximum atomic E-state index is 5.96. The molecule has 0 radical (unpaired) electrons. The van der Waals surface area contributed by atoms with Crippen LogP contribution in [0.15, 0.2) is 0 Å². The molecule has 19 aliphatic carbocycles. The molecule has 19 saturated carbocycles. The van der Waals surface area contributed by atoms with E-state index in [2.05, 4.69) is 90.0 Å². The van der Waals surface area contributed by atoms with Crippen LogP contribution in [-0.2, 0) is 52.1 Å². The van der Waals surface area contributed by atoms with Crippen LogP contribution in [-0.4, -0.2) is 140 Å². The van der Waals surface area contributed by atoms with Crippen molar-refractivity contribution in [1.29, 1.82) is 0 Å². The normalized spacial score (nSPS) is 36.7. The second-order valence-electron chi connectivity index (χ2n) is 43.5. The Bertz CT molecular complexity index is 2510. The van der Waals surface area contributed by atoms with E-state index in [0.29, 0.717) is 17.4 Å². The van der Waals surface area contributed by atoms with Crippen LogP contribution in [0, 0.1) is 82.9 Å². The van der Waals surface area contributed by atoms with Gasteiger partial charge < -0.3 is 52.1 Å². The standard InChI is InChI=1S/C13H22O.C12H20O.C10H18O.2C10H20O.C9H16O.2C9H18O.2C8H16O.C7H14O/c1-3-13(14-2)11-5-9-4-10(7-11)8-12(13)6-9;1-12(13-2)10-4-8-3-9(6-10)7-11(12)5-8;1-3-10(11-2)7-8-4-5-9(10)6-8;1-9(2)10(11-3)7-5-4-6-8-10;1-3-7-10(11-2)8-5-4-6-9-10;1-9(10-2)6-7-3-4-8(9)5-7;1-8(2)9(10-3)6-4-5-7-9;1-3-6-9(10-2)7-4-5-8-9;1-8(9-2)6-4-3-5-7-8;1-3-8(9-2)6-4-5-7-8;1-7(8-2)5-3-4-6-7/h9-12H,3-8H2,1-2H3;8-11H,3-7H2,1-2H3;8-9H,3-7H2,1-2H3;9H,4-8H2,1-3H3;3-9H2,1-2H3;7-8H,3-6H2,1-2H3;8H,4-7H2,1-3H3;3-8H2,1-2H3;2*3-7H2,1-2H3;3-6H2,1-2H3. The molecule has 0 aliphatic heterocycles. The predicted octanol–water partition coefficient (Wildman–Crippen LogP) is 29.0. The fourth-order valence-electron chi connectivity index (χ4n) is 28.5. The van der Waals surface area contributed by atoms with Gasteiger partial charge in [-0.1, -0.05) is 184 Å². The Morgan fingerprint density at radius 1 is 0.259 bits per heavy atom. The van der Waals surface area contributed by atoms with Crippen molar-refractivity contribution in [3.63, 3.8) is 0 Å².